The van der Waals surface area contributed by atoms with Gasteiger partial charge in [0, 0.05) is 30.7 Å². The third-order valence-corrected chi connectivity index (χ3v) is 2.50. The molecule has 64 valence electrons. The molecule has 0 amide bonds. The molecule has 0 atom stereocenters. The maximum absolute atomic E-state index is 4.32. The zero-order valence-electron chi connectivity index (χ0n) is 7.27. The van der Waals surface area contributed by atoms with Gasteiger partial charge in [0.1, 0.15) is 0 Å². The fourth-order valence-corrected chi connectivity index (χ4v) is 1.90. The van der Waals surface area contributed by atoms with Crippen LogP contribution in [0.15, 0.2) is 52.5 Å². The number of allylic oxidation sites excluding steroid dienone is 4. The van der Waals surface area contributed by atoms with Crippen LogP contribution in [0.25, 0.3) is 0 Å². The third kappa shape index (κ3) is 0.985. The third-order valence-electron chi connectivity index (χ3n) is 2.50. The monoisotopic (exact) mass is 170 g/mol. The Kier molecular flexibility index (Phi) is 1.30. The second-order valence-electron chi connectivity index (χ2n) is 3.45. The number of nitrogens with zero attached hydrogens (tertiary/aromatic N) is 2. The van der Waals surface area contributed by atoms with Crippen LogP contribution in [0.2, 0.25) is 0 Å². The molecule has 0 unspecified atom stereocenters. The summed E-state index contributed by atoms with van der Waals surface area (Å²) in [5, 5.41) is 0. The highest BCUT2D eigenvalue weighted by molar-refractivity contribution is 5.83. The summed E-state index contributed by atoms with van der Waals surface area (Å²) in [6, 6.07) is 0. The van der Waals surface area contributed by atoms with Crippen molar-refractivity contribution in [3.05, 3.63) is 47.5 Å². The van der Waals surface area contributed by atoms with Crippen LogP contribution in [-0.4, -0.2) is 17.7 Å². The van der Waals surface area contributed by atoms with Crippen LogP contribution in [0.5, 0.6) is 0 Å². The van der Waals surface area contributed by atoms with Crippen molar-refractivity contribution < 1.29 is 0 Å². The summed E-state index contributed by atoms with van der Waals surface area (Å²) in [7, 11) is 0. The zero-order valence-corrected chi connectivity index (χ0v) is 7.27. The standard InChI is InChI=1S/C11H10N2/c1-2-4-13-8-9-5-10(7-12-6-9)11(13)3-1/h1-4,7-8H,5-6H2. The van der Waals surface area contributed by atoms with Gasteiger partial charge in [0.15, 0.2) is 0 Å². The van der Waals surface area contributed by atoms with Gasteiger partial charge >= 0.3 is 0 Å². The van der Waals surface area contributed by atoms with Crippen molar-refractivity contribution in [2.24, 2.45) is 4.99 Å². The molecule has 3 aliphatic heterocycles. The number of hydrogen-bond acceptors (Lipinski definition) is 2. The molecule has 0 saturated heterocycles. The van der Waals surface area contributed by atoms with Crippen LogP contribution >= 0.6 is 0 Å². The topological polar surface area (TPSA) is 15.6 Å². The fourth-order valence-electron chi connectivity index (χ4n) is 1.90. The summed E-state index contributed by atoms with van der Waals surface area (Å²) >= 11 is 0. The lowest BCUT2D eigenvalue weighted by Crippen LogP contribution is -2.21. The van der Waals surface area contributed by atoms with E-state index in [9.17, 15) is 0 Å². The first-order valence-electron chi connectivity index (χ1n) is 4.49. The molecule has 0 aliphatic carbocycles. The first kappa shape index (κ1) is 6.89. The van der Waals surface area contributed by atoms with E-state index in [0.717, 1.165) is 13.0 Å². The maximum Gasteiger partial charge on any atom is 0.0620 e. The molecular weight excluding hydrogens is 160 g/mol. The van der Waals surface area contributed by atoms with Gasteiger partial charge in [0.25, 0.3) is 0 Å². The molecule has 0 spiro atoms. The predicted octanol–water partition coefficient (Wildman–Crippen LogP) is 2.00. The Morgan fingerprint density at radius 2 is 2.31 bits per heavy atom. The van der Waals surface area contributed by atoms with Crippen molar-refractivity contribution in [2.75, 3.05) is 6.54 Å². The highest BCUT2D eigenvalue weighted by Gasteiger charge is 2.19. The highest BCUT2D eigenvalue weighted by atomic mass is 15.1. The van der Waals surface area contributed by atoms with E-state index in [4.69, 9.17) is 0 Å². The van der Waals surface area contributed by atoms with E-state index in [0.29, 0.717) is 0 Å². The van der Waals surface area contributed by atoms with Crippen LogP contribution in [-0.2, 0) is 0 Å². The molecule has 0 aromatic rings. The predicted molar refractivity (Wildman–Crippen MR) is 53.2 cm³/mol. The molecule has 3 aliphatic rings. The zero-order chi connectivity index (χ0) is 8.67. The summed E-state index contributed by atoms with van der Waals surface area (Å²) in [6.07, 6.45) is 13.6. The van der Waals surface area contributed by atoms with Crippen LogP contribution in [0.3, 0.4) is 0 Å². The second-order valence-corrected chi connectivity index (χ2v) is 3.45. The van der Waals surface area contributed by atoms with E-state index in [1.807, 2.05) is 6.21 Å². The van der Waals surface area contributed by atoms with Gasteiger partial charge in [-0.15, -0.1) is 0 Å². The molecule has 0 N–H and O–H groups in total. The molecule has 3 rings (SSSR count). The minimum atomic E-state index is 0.866. The summed E-state index contributed by atoms with van der Waals surface area (Å²) < 4.78 is 0. The summed E-state index contributed by atoms with van der Waals surface area (Å²) in [5.74, 6) is 0. The Bertz CT molecular complexity index is 394. The summed E-state index contributed by atoms with van der Waals surface area (Å²) in [5.41, 5.74) is 4.01. The van der Waals surface area contributed by atoms with Gasteiger partial charge < -0.3 is 4.90 Å². The number of hydrogen-bond donors (Lipinski definition) is 0. The van der Waals surface area contributed by atoms with Gasteiger partial charge in [0.05, 0.1) is 6.54 Å². The van der Waals surface area contributed by atoms with E-state index in [2.05, 4.69) is 40.5 Å². The first-order valence-corrected chi connectivity index (χ1v) is 4.49. The van der Waals surface area contributed by atoms with Crippen molar-refractivity contribution in [1.82, 2.24) is 4.90 Å². The Morgan fingerprint density at radius 1 is 1.31 bits per heavy atom. The van der Waals surface area contributed by atoms with Crippen molar-refractivity contribution in [3.8, 4) is 0 Å². The minimum absolute atomic E-state index is 0.866. The van der Waals surface area contributed by atoms with Crippen LogP contribution in [0, 0.1) is 0 Å². The molecule has 2 nitrogen and oxygen atoms in total. The largest absolute Gasteiger partial charge is 0.323 e. The lowest BCUT2D eigenvalue weighted by atomic mass is 9.97. The van der Waals surface area contributed by atoms with E-state index in [1.165, 1.54) is 16.8 Å². The molecule has 0 saturated carbocycles. The number of fused-ring (bicyclic) bond motifs is 3. The normalized spacial score (nSPS) is 23.4. The number of aliphatic imine (C=N–C) groups is 1. The molecule has 2 bridgehead atoms. The Balaban J connectivity index is 2.17. The molecular formula is C11H10N2. The fraction of sp³-hybridized carbons (Fsp3) is 0.182. The van der Waals surface area contributed by atoms with Crippen molar-refractivity contribution in [3.63, 3.8) is 0 Å². The Labute approximate surface area is 77.3 Å². The van der Waals surface area contributed by atoms with E-state index in [1.54, 1.807) is 0 Å². The van der Waals surface area contributed by atoms with Crippen LogP contribution in [0.4, 0.5) is 0 Å². The van der Waals surface area contributed by atoms with Gasteiger partial charge in [-0.1, -0.05) is 6.08 Å². The van der Waals surface area contributed by atoms with Crippen molar-refractivity contribution >= 4 is 6.21 Å². The van der Waals surface area contributed by atoms with Gasteiger partial charge in [-0.05, 0) is 23.3 Å². The molecule has 0 aromatic carbocycles. The van der Waals surface area contributed by atoms with Crippen molar-refractivity contribution in [2.45, 2.75) is 6.42 Å². The van der Waals surface area contributed by atoms with E-state index in [-0.39, 0.29) is 0 Å². The summed E-state index contributed by atoms with van der Waals surface area (Å²) in [4.78, 5) is 6.50. The quantitative estimate of drug-likeness (QED) is 0.543. The van der Waals surface area contributed by atoms with E-state index < -0.39 is 0 Å². The Hall–Kier alpha value is -1.57. The van der Waals surface area contributed by atoms with Gasteiger partial charge in [-0.3, -0.25) is 4.99 Å². The molecule has 2 heteroatoms. The maximum atomic E-state index is 4.32. The average molecular weight is 170 g/mol. The minimum Gasteiger partial charge on any atom is -0.323 e. The summed E-state index contributed by atoms with van der Waals surface area (Å²) in [6.45, 7) is 0.866. The average Bonchev–Trinajstić information content (AvgIpc) is 2.18. The van der Waals surface area contributed by atoms with Gasteiger partial charge in [-0.25, -0.2) is 0 Å². The van der Waals surface area contributed by atoms with E-state index >= 15 is 0 Å². The lowest BCUT2D eigenvalue weighted by Gasteiger charge is -2.29. The van der Waals surface area contributed by atoms with Crippen molar-refractivity contribution in [1.29, 1.82) is 0 Å². The molecule has 0 radical (unpaired) electrons. The van der Waals surface area contributed by atoms with Gasteiger partial charge in [-0.2, -0.15) is 0 Å². The Morgan fingerprint density at radius 3 is 3.31 bits per heavy atom. The highest BCUT2D eigenvalue weighted by Crippen LogP contribution is 2.29. The SMILES string of the molecule is C1=CC2=C3C=NCC(=CN2C=C1)C3. The lowest BCUT2D eigenvalue weighted by molar-refractivity contribution is 0.607. The van der Waals surface area contributed by atoms with Gasteiger partial charge in [0.2, 0.25) is 0 Å². The second kappa shape index (κ2) is 2.46. The molecule has 0 aromatic heterocycles. The molecule has 13 heavy (non-hydrogen) atoms. The van der Waals surface area contributed by atoms with Crippen LogP contribution < -0.4 is 0 Å². The molecule has 0 fully saturated rings. The first-order chi connectivity index (χ1) is 6.43. The number of rotatable bonds is 0. The van der Waals surface area contributed by atoms with Crippen LogP contribution in [0.1, 0.15) is 6.42 Å². The smallest absolute Gasteiger partial charge is 0.0620 e. The molecule has 3 heterocycles.